The fourth-order valence-corrected chi connectivity index (χ4v) is 4.66. The lowest BCUT2D eigenvalue weighted by molar-refractivity contribution is -0.131. The zero-order chi connectivity index (χ0) is 23.4. The molecule has 0 saturated carbocycles. The van der Waals surface area contributed by atoms with Crippen LogP contribution in [0.4, 0.5) is 0 Å². The Morgan fingerprint density at radius 3 is 2.70 bits per heavy atom. The molecule has 1 aliphatic rings. The van der Waals surface area contributed by atoms with Gasteiger partial charge in [0.05, 0.1) is 35.3 Å². The number of aliphatic hydroxyl groups is 1. The maximum Gasteiger partial charge on any atom is 0.279 e. The lowest BCUT2D eigenvalue weighted by atomic mass is 9.96. The molecule has 1 saturated heterocycles. The number of aromatic nitrogens is 2. The number of benzene rings is 2. The summed E-state index contributed by atoms with van der Waals surface area (Å²) in [5.74, 6) is 0.105. The SMILES string of the molecule is CO[C@H](c1ccc(-n2[nH]c3ccccc3c2=O)cc1)[C@H](C)/C=C/CC(=O)N1CCC[C@H]1CO. The van der Waals surface area contributed by atoms with Gasteiger partial charge in [-0.25, -0.2) is 4.68 Å². The van der Waals surface area contributed by atoms with Crippen molar-refractivity contribution in [2.45, 2.75) is 38.3 Å². The summed E-state index contributed by atoms with van der Waals surface area (Å²) < 4.78 is 7.30. The summed E-state index contributed by atoms with van der Waals surface area (Å²) in [7, 11) is 1.67. The second kappa shape index (κ2) is 10.2. The summed E-state index contributed by atoms with van der Waals surface area (Å²) in [6.07, 6.45) is 5.86. The van der Waals surface area contributed by atoms with Crippen LogP contribution in [0.3, 0.4) is 0 Å². The summed E-state index contributed by atoms with van der Waals surface area (Å²) in [5.41, 5.74) is 2.47. The van der Waals surface area contributed by atoms with Gasteiger partial charge in [-0.3, -0.25) is 14.7 Å². The first kappa shape index (κ1) is 23.0. The van der Waals surface area contributed by atoms with E-state index in [-0.39, 0.29) is 36.1 Å². The van der Waals surface area contributed by atoms with Gasteiger partial charge in [0.25, 0.3) is 5.56 Å². The van der Waals surface area contributed by atoms with Crippen LogP contribution in [-0.4, -0.2) is 52.0 Å². The van der Waals surface area contributed by atoms with Gasteiger partial charge in [0.15, 0.2) is 0 Å². The molecule has 3 atom stereocenters. The highest BCUT2D eigenvalue weighted by atomic mass is 16.5. The highest BCUT2D eigenvalue weighted by Gasteiger charge is 2.27. The molecule has 2 aromatic carbocycles. The zero-order valence-electron chi connectivity index (χ0n) is 19.1. The van der Waals surface area contributed by atoms with Gasteiger partial charge < -0.3 is 14.7 Å². The van der Waals surface area contributed by atoms with E-state index in [1.807, 2.05) is 60.7 Å². The first-order chi connectivity index (χ1) is 16.0. The maximum atomic E-state index is 12.7. The van der Waals surface area contributed by atoms with Gasteiger partial charge in [-0.15, -0.1) is 0 Å². The van der Waals surface area contributed by atoms with Crippen LogP contribution in [0.2, 0.25) is 0 Å². The van der Waals surface area contributed by atoms with Crippen LogP contribution in [0, 0.1) is 5.92 Å². The third kappa shape index (κ3) is 4.79. The number of nitrogens with zero attached hydrogens (tertiary/aromatic N) is 2. The first-order valence-electron chi connectivity index (χ1n) is 11.4. The van der Waals surface area contributed by atoms with E-state index in [9.17, 15) is 14.7 Å². The van der Waals surface area contributed by atoms with E-state index in [0.29, 0.717) is 11.8 Å². The number of rotatable bonds is 8. The van der Waals surface area contributed by atoms with Crippen LogP contribution in [-0.2, 0) is 9.53 Å². The predicted octanol–water partition coefficient (Wildman–Crippen LogP) is 3.57. The van der Waals surface area contributed by atoms with Crippen LogP contribution in [0.15, 0.2) is 65.5 Å². The van der Waals surface area contributed by atoms with Crippen molar-refractivity contribution < 1.29 is 14.6 Å². The number of hydrogen-bond donors (Lipinski definition) is 2. The number of aliphatic hydroxyl groups excluding tert-OH is 1. The first-order valence-corrected chi connectivity index (χ1v) is 11.4. The molecule has 0 aliphatic carbocycles. The Morgan fingerprint density at radius 1 is 1.24 bits per heavy atom. The molecule has 4 rings (SSSR count). The summed E-state index contributed by atoms with van der Waals surface area (Å²) >= 11 is 0. The molecule has 2 N–H and O–H groups in total. The zero-order valence-corrected chi connectivity index (χ0v) is 19.1. The van der Waals surface area contributed by atoms with E-state index in [4.69, 9.17) is 4.74 Å². The second-order valence-electron chi connectivity index (χ2n) is 8.60. The van der Waals surface area contributed by atoms with E-state index in [0.717, 1.165) is 36.2 Å². The number of carbonyl (C=O) groups is 1. The Kier molecular flexibility index (Phi) is 7.11. The van der Waals surface area contributed by atoms with Gasteiger partial charge in [-0.05, 0) is 42.7 Å². The average Bonchev–Trinajstić information content (AvgIpc) is 3.45. The molecular weight excluding hydrogens is 418 g/mol. The molecule has 0 bridgehead atoms. The molecule has 0 spiro atoms. The number of nitrogens with one attached hydrogen (secondary N) is 1. The molecule has 7 heteroatoms. The van der Waals surface area contributed by atoms with E-state index < -0.39 is 0 Å². The number of para-hydroxylation sites is 1. The molecule has 174 valence electrons. The molecule has 1 fully saturated rings. The predicted molar refractivity (Wildman–Crippen MR) is 128 cm³/mol. The molecule has 33 heavy (non-hydrogen) atoms. The van der Waals surface area contributed by atoms with Gasteiger partial charge in [-0.1, -0.05) is 43.3 Å². The molecular formula is C26H31N3O4. The van der Waals surface area contributed by atoms with Crippen LogP contribution in [0.5, 0.6) is 0 Å². The van der Waals surface area contributed by atoms with Crippen molar-refractivity contribution in [3.8, 4) is 5.69 Å². The van der Waals surface area contributed by atoms with E-state index in [1.165, 1.54) is 0 Å². The monoisotopic (exact) mass is 449 g/mol. The minimum absolute atomic E-state index is 0.0260. The van der Waals surface area contributed by atoms with Gasteiger partial charge in [0, 0.05) is 26.0 Å². The quantitative estimate of drug-likeness (QED) is 0.515. The summed E-state index contributed by atoms with van der Waals surface area (Å²) in [6.45, 7) is 2.80. The number of H-pyrrole nitrogens is 1. The third-order valence-electron chi connectivity index (χ3n) is 6.44. The van der Waals surface area contributed by atoms with E-state index >= 15 is 0 Å². The highest BCUT2D eigenvalue weighted by Crippen LogP contribution is 2.27. The minimum Gasteiger partial charge on any atom is -0.394 e. The number of ether oxygens (including phenoxy) is 1. The minimum atomic E-state index is -0.179. The van der Waals surface area contributed by atoms with Crippen LogP contribution in [0.1, 0.15) is 37.9 Å². The lowest BCUT2D eigenvalue weighted by Gasteiger charge is -2.23. The normalized spacial score (nSPS) is 18.3. The van der Waals surface area contributed by atoms with Gasteiger partial charge in [-0.2, -0.15) is 0 Å². The second-order valence-corrected chi connectivity index (χ2v) is 8.60. The van der Waals surface area contributed by atoms with Crippen molar-refractivity contribution in [1.82, 2.24) is 14.7 Å². The number of aromatic amines is 1. The molecule has 1 amide bonds. The van der Waals surface area contributed by atoms with Crippen LogP contribution in [0.25, 0.3) is 16.6 Å². The van der Waals surface area contributed by atoms with Crippen molar-refractivity contribution in [2.24, 2.45) is 5.92 Å². The molecule has 0 radical (unpaired) electrons. The maximum absolute atomic E-state index is 12.7. The fraction of sp³-hybridized carbons (Fsp3) is 0.385. The van der Waals surface area contributed by atoms with Gasteiger partial charge >= 0.3 is 0 Å². The Balaban J connectivity index is 1.43. The van der Waals surface area contributed by atoms with Crippen molar-refractivity contribution in [2.75, 3.05) is 20.3 Å². The largest absolute Gasteiger partial charge is 0.394 e. The Bertz CT molecular complexity index is 1180. The number of carbonyl (C=O) groups excluding carboxylic acids is 1. The number of likely N-dealkylation sites (tertiary alicyclic amines) is 1. The topological polar surface area (TPSA) is 87.6 Å². The van der Waals surface area contributed by atoms with Crippen molar-refractivity contribution >= 4 is 16.8 Å². The number of methoxy groups -OCH3 is 1. The number of amides is 1. The molecule has 3 aromatic rings. The van der Waals surface area contributed by atoms with Gasteiger partial charge in [0.1, 0.15) is 0 Å². The smallest absolute Gasteiger partial charge is 0.279 e. The van der Waals surface area contributed by atoms with Crippen LogP contribution >= 0.6 is 0 Å². The van der Waals surface area contributed by atoms with Crippen molar-refractivity contribution in [3.63, 3.8) is 0 Å². The lowest BCUT2D eigenvalue weighted by Crippen LogP contribution is -2.37. The summed E-state index contributed by atoms with van der Waals surface area (Å²) in [6, 6.07) is 15.1. The van der Waals surface area contributed by atoms with E-state index in [2.05, 4.69) is 12.0 Å². The molecule has 7 nitrogen and oxygen atoms in total. The summed E-state index contributed by atoms with van der Waals surface area (Å²) in [4.78, 5) is 26.9. The average molecular weight is 450 g/mol. The number of fused-ring (bicyclic) bond motifs is 1. The Labute approximate surface area is 193 Å². The Hall–Kier alpha value is -3.16. The molecule has 1 aliphatic heterocycles. The number of hydrogen-bond acceptors (Lipinski definition) is 4. The Morgan fingerprint density at radius 2 is 2.00 bits per heavy atom. The standard InChI is InChI=1S/C26H31N3O4/c1-18(7-5-11-24(31)28-16-6-8-21(28)17-30)25(33-2)19-12-14-20(15-13-19)29-26(32)22-9-3-4-10-23(22)27-29/h3-5,7,9-10,12-15,18,21,25,27,30H,6,8,11,16-17H2,1-2H3/b7-5+/t18-,21+,25+/m1/s1. The molecule has 2 heterocycles. The fourth-order valence-electron chi connectivity index (χ4n) is 4.66. The van der Waals surface area contributed by atoms with Gasteiger partial charge in [0.2, 0.25) is 5.91 Å². The summed E-state index contributed by atoms with van der Waals surface area (Å²) in [5, 5.41) is 13.2. The van der Waals surface area contributed by atoms with E-state index in [1.54, 1.807) is 16.7 Å². The van der Waals surface area contributed by atoms with Crippen molar-refractivity contribution in [1.29, 1.82) is 0 Å². The highest BCUT2D eigenvalue weighted by molar-refractivity contribution is 5.78. The third-order valence-corrected chi connectivity index (χ3v) is 6.44. The van der Waals surface area contributed by atoms with Crippen molar-refractivity contribution in [3.05, 3.63) is 76.6 Å². The molecule has 1 aromatic heterocycles. The van der Waals surface area contributed by atoms with Crippen LogP contribution < -0.4 is 5.56 Å². The molecule has 0 unspecified atom stereocenters.